The predicted octanol–water partition coefficient (Wildman–Crippen LogP) is 5.23. The van der Waals surface area contributed by atoms with E-state index in [9.17, 15) is 19.3 Å². The molecule has 10 heteroatoms. The van der Waals surface area contributed by atoms with Gasteiger partial charge in [0.1, 0.15) is 18.2 Å². The van der Waals surface area contributed by atoms with Crippen LogP contribution in [0.1, 0.15) is 23.9 Å². The number of hydrogen-bond acceptors (Lipinski definition) is 6. The van der Waals surface area contributed by atoms with Crippen molar-refractivity contribution in [3.8, 4) is 5.75 Å². The number of ether oxygens (including phenoxy) is 1. The van der Waals surface area contributed by atoms with Crippen molar-refractivity contribution in [1.82, 2.24) is 9.66 Å². The highest BCUT2D eigenvalue weighted by Crippen LogP contribution is 2.31. The van der Waals surface area contributed by atoms with Crippen LogP contribution in [0.3, 0.4) is 0 Å². The SMILES string of the molecule is CCc1nc2ccc(Br)cc2c(=O)n1N=Cc1cccc([N+](=O)[O-])c1OCc1cccc(F)c1. The molecule has 0 amide bonds. The molecule has 1 heterocycles. The molecule has 34 heavy (non-hydrogen) atoms. The molecule has 0 radical (unpaired) electrons. The molecule has 0 fully saturated rings. The third-order valence-corrected chi connectivity index (χ3v) is 5.49. The van der Waals surface area contributed by atoms with Gasteiger partial charge in [-0.3, -0.25) is 14.9 Å². The lowest BCUT2D eigenvalue weighted by Crippen LogP contribution is -2.22. The smallest absolute Gasteiger partial charge is 0.311 e. The maximum Gasteiger partial charge on any atom is 0.311 e. The van der Waals surface area contributed by atoms with Crippen LogP contribution >= 0.6 is 15.9 Å². The van der Waals surface area contributed by atoms with E-state index < -0.39 is 10.7 Å². The second-order valence-electron chi connectivity index (χ2n) is 7.28. The fourth-order valence-corrected chi connectivity index (χ4v) is 3.75. The van der Waals surface area contributed by atoms with E-state index in [2.05, 4.69) is 26.0 Å². The second kappa shape index (κ2) is 9.92. The van der Waals surface area contributed by atoms with Gasteiger partial charge in [-0.05, 0) is 42.0 Å². The number of fused-ring (bicyclic) bond motifs is 1. The van der Waals surface area contributed by atoms with Gasteiger partial charge in [-0.25, -0.2) is 9.37 Å². The Morgan fingerprint density at radius 1 is 1.21 bits per heavy atom. The van der Waals surface area contributed by atoms with E-state index in [0.717, 1.165) is 4.47 Å². The van der Waals surface area contributed by atoms with E-state index in [1.807, 2.05) is 6.92 Å². The summed E-state index contributed by atoms with van der Waals surface area (Å²) >= 11 is 3.36. The fraction of sp³-hybridized carbons (Fsp3) is 0.125. The van der Waals surface area contributed by atoms with E-state index in [1.54, 1.807) is 30.3 Å². The normalized spacial score (nSPS) is 11.3. The molecule has 0 unspecified atom stereocenters. The van der Waals surface area contributed by atoms with Crippen molar-refractivity contribution in [2.24, 2.45) is 5.10 Å². The molecular weight excluding hydrogens is 507 g/mol. The van der Waals surface area contributed by atoms with Gasteiger partial charge in [-0.15, -0.1) is 0 Å². The Morgan fingerprint density at radius 2 is 2.00 bits per heavy atom. The van der Waals surface area contributed by atoms with Crippen LogP contribution in [0.25, 0.3) is 10.9 Å². The second-order valence-corrected chi connectivity index (χ2v) is 8.19. The third-order valence-electron chi connectivity index (χ3n) is 5.00. The monoisotopic (exact) mass is 524 g/mol. The topological polar surface area (TPSA) is 99.6 Å². The van der Waals surface area contributed by atoms with Crippen molar-refractivity contribution < 1.29 is 14.1 Å². The first kappa shape index (κ1) is 23.2. The summed E-state index contributed by atoms with van der Waals surface area (Å²) in [5, 5.41) is 16.3. The minimum atomic E-state index is -0.572. The van der Waals surface area contributed by atoms with Crippen molar-refractivity contribution in [2.75, 3.05) is 0 Å². The van der Waals surface area contributed by atoms with E-state index in [0.29, 0.717) is 28.7 Å². The zero-order valence-corrected chi connectivity index (χ0v) is 19.5. The lowest BCUT2D eigenvalue weighted by atomic mass is 10.2. The van der Waals surface area contributed by atoms with Crippen LogP contribution in [0.5, 0.6) is 5.75 Å². The number of halogens is 2. The summed E-state index contributed by atoms with van der Waals surface area (Å²) in [4.78, 5) is 28.6. The largest absolute Gasteiger partial charge is 0.481 e. The van der Waals surface area contributed by atoms with E-state index >= 15 is 0 Å². The Bertz CT molecular complexity index is 1490. The van der Waals surface area contributed by atoms with Crippen molar-refractivity contribution in [2.45, 2.75) is 20.0 Å². The van der Waals surface area contributed by atoms with E-state index in [-0.39, 0.29) is 29.2 Å². The molecule has 172 valence electrons. The first-order valence-electron chi connectivity index (χ1n) is 10.3. The number of para-hydroxylation sites is 1. The lowest BCUT2D eigenvalue weighted by molar-refractivity contribution is -0.385. The van der Waals surface area contributed by atoms with Crippen LogP contribution in [0, 0.1) is 15.9 Å². The van der Waals surface area contributed by atoms with Gasteiger partial charge in [0, 0.05) is 22.5 Å². The molecule has 4 rings (SSSR count). The first-order valence-corrected chi connectivity index (χ1v) is 11.1. The van der Waals surface area contributed by atoms with Gasteiger partial charge in [-0.1, -0.05) is 41.1 Å². The summed E-state index contributed by atoms with van der Waals surface area (Å²) in [7, 11) is 0. The molecule has 1 aromatic heterocycles. The van der Waals surface area contributed by atoms with Crippen LogP contribution < -0.4 is 10.3 Å². The van der Waals surface area contributed by atoms with Gasteiger partial charge >= 0.3 is 5.69 Å². The molecule has 0 saturated heterocycles. The molecule has 0 N–H and O–H groups in total. The Labute approximate surface area is 201 Å². The van der Waals surface area contributed by atoms with Crippen LogP contribution in [0.15, 0.2) is 75.0 Å². The number of hydrogen-bond donors (Lipinski definition) is 0. The molecule has 0 aliphatic heterocycles. The van der Waals surface area contributed by atoms with Gasteiger partial charge in [0.05, 0.1) is 22.0 Å². The lowest BCUT2D eigenvalue weighted by Gasteiger charge is -2.11. The summed E-state index contributed by atoms with van der Waals surface area (Å²) in [5.74, 6) is -0.0424. The summed E-state index contributed by atoms with van der Waals surface area (Å²) in [5.41, 5.74) is 0.700. The number of aryl methyl sites for hydroxylation is 1. The molecule has 4 aromatic rings. The molecule has 0 bridgehead atoms. The molecule has 0 saturated carbocycles. The standard InChI is InChI=1S/C24H18BrFN4O4/c1-2-22-28-20-10-9-17(25)12-19(20)24(31)29(22)27-13-16-6-4-8-21(30(32)33)23(16)34-14-15-5-3-7-18(26)11-15/h3-13H,2,14H2,1H3. The van der Waals surface area contributed by atoms with Gasteiger partial charge in [0.15, 0.2) is 0 Å². The van der Waals surface area contributed by atoms with E-state index in [1.165, 1.54) is 41.2 Å². The Kier molecular flexibility index (Phi) is 6.78. The number of nitro benzene ring substituents is 1. The molecular formula is C24H18BrFN4O4. The number of aromatic nitrogens is 2. The van der Waals surface area contributed by atoms with Crippen molar-refractivity contribution in [1.29, 1.82) is 0 Å². The molecule has 3 aromatic carbocycles. The van der Waals surface area contributed by atoms with Crippen LogP contribution in [0.4, 0.5) is 10.1 Å². The van der Waals surface area contributed by atoms with Gasteiger partial charge in [-0.2, -0.15) is 9.78 Å². The Balaban J connectivity index is 1.77. The number of rotatable bonds is 7. The van der Waals surface area contributed by atoms with Crippen molar-refractivity contribution in [3.05, 3.63) is 108 Å². The third kappa shape index (κ3) is 4.86. The molecule has 8 nitrogen and oxygen atoms in total. The van der Waals surface area contributed by atoms with Gasteiger partial charge in [0.2, 0.25) is 5.75 Å². The summed E-state index contributed by atoms with van der Waals surface area (Å²) in [6.45, 7) is 1.76. The maximum atomic E-state index is 13.5. The average Bonchev–Trinajstić information content (AvgIpc) is 2.82. The van der Waals surface area contributed by atoms with Gasteiger partial charge < -0.3 is 4.74 Å². The molecule has 0 aliphatic carbocycles. The highest BCUT2D eigenvalue weighted by molar-refractivity contribution is 9.10. The summed E-state index contributed by atoms with van der Waals surface area (Å²) in [6.07, 6.45) is 1.76. The molecule has 0 spiro atoms. The quantitative estimate of drug-likeness (QED) is 0.187. The minimum Gasteiger partial charge on any atom is -0.481 e. The summed E-state index contributed by atoms with van der Waals surface area (Å²) in [6, 6.07) is 15.3. The highest BCUT2D eigenvalue weighted by atomic mass is 79.9. The predicted molar refractivity (Wildman–Crippen MR) is 130 cm³/mol. The Hall–Kier alpha value is -3.92. The summed E-state index contributed by atoms with van der Waals surface area (Å²) < 4.78 is 21.1. The first-order chi connectivity index (χ1) is 16.4. The van der Waals surface area contributed by atoms with Crippen LogP contribution in [0.2, 0.25) is 0 Å². The van der Waals surface area contributed by atoms with Crippen LogP contribution in [-0.2, 0) is 13.0 Å². The zero-order chi connectivity index (χ0) is 24.2. The van der Waals surface area contributed by atoms with Crippen LogP contribution in [-0.4, -0.2) is 20.8 Å². The van der Waals surface area contributed by atoms with Crippen molar-refractivity contribution in [3.63, 3.8) is 0 Å². The zero-order valence-electron chi connectivity index (χ0n) is 17.9. The Morgan fingerprint density at radius 3 is 2.74 bits per heavy atom. The fourth-order valence-electron chi connectivity index (χ4n) is 3.39. The minimum absolute atomic E-state index is 0.0388. The highest BCUT2D eigenvalue weighted by Gasteiger charge is 2.19. The number of nitro groups is 1. The molecule has 0 aliphatic rings. The van der Waals surface area contributed by atoms with Crippen molar-refractivity contribution >= 4 is 38.7 Å². The number of nitrogens with zero attached hydrogens (tertiary/aromatic N) is 4. The number of benzene rings is 3. The maximum absolute atomic E-state index is 13.5. The van der Waals surface area contributed by atoms with E-state index in [4.69, 9.17) is 4.74 Å². The average molecular weight is 525 g/mol. The van der Waals surface area contributed by atoms with Gasteiger partial charge in [0.25, 0.3) is 5.56 Å². The molecule has 0 atom stereocenters.